The van der Waals surface area contributed by atoms with Crippen LogP contribution in [0, 0.1) is 6.92 Å². The van der Waals surface area contributed by atoms with Gasteiger partial charge in [-0.05, 0) is 30.8 Å². The van der Waals surface area contributed by atoms with Crippen molar-refractivity contribution >= 4 is 45.4 Å². The van der Waals surface area contributed by atoms with E-state index in [9.17, 15) is 4.79 Å². The van der Waals surface area contributed by atoms with Gasteiger partial charge in [0, 0.05) is 12.1 Å². The fraction of sp³-hybridized carbons (Fsp3) is 0.158. The first-order valence-corrected chi connectivity index (χ1v) is 9.79. The molecule has 0 bridgehead atoms. The van der Waals surface area contributed by atoms with Crippen LogP contribution in [0.3, 0.4) is 0 Å². The Morgan fingerprint density at radius 1 is 1.26 bits per heavy atom. The number of aromatic nitrogens is 2. The van der Waals surface area contributed by atoms with E-state index in [1.54, 1.807) is 17.1 Å². The van der Waals surface area contributed by atoms with Crippen molar-refractivity contribution in [3.63, 3.8) is 0 Å². The molecule has 3 rings (SSSR count). The highest BCUT2D eigenvalue weighted by atomic mass is 32.2. The number of hydrogen-bond donors (Lipinski definition) is 0. The van der Waals surface area contributed by atoms with Gasteiger partial charge in [0.15, 0.2) is 5.17 Å². The molecule has 0 aliphatic carbocycles. The van der Waals surface area contributed by atoms with Gasteiger partial charge in [0.2, 0.25) is 5.13 Å². The Balaban J connectivity index is 1.94. The van der Waals surface area contributed by atoms with Crippen LogP contribution < -0.4 is 4.74 Å². The van der Waals surface area contributed by atoms with E-state index < -0.39 is 0 Å². The Labute approximate surface area is 166 Å². The number of amides is 1. The highest BCUT2D eigenvalue weighted by Crippen LogP contribution is 2.35. The fourth-order valence-corrected chi connectivity index (χ4v) is 3.91. The largest absolute Gasteiger partial charge is 0.489 e. The van der Waals surface area contributed by atoms with Gasteiger partial charge in [0.25, 0.3) is 5.91 Å². The number of carbonyl (C=O) groups excluding carboxylic acids is 1. The Hall–Kier alpha value is -2.71. The average Bonchev–Trinajstić information content (AvgIpc) is 3.19. The van der Waals surface area contributed by atoms with Crippen LogP contribution in [-0.4, -0.2) is 39.3 Å². The second-order valence-electron chi connectivity index (χ2n) is 5.45. The van der Waals surface area contributed by atoms with Gasteiger partial charge in [-0.25, -0.2) is 0 Å². The summed E-state index contributed by atoms with van der Waals surface area (Å²) in [5, 5.41) is 9.88. The molecular weight excluding hydrogens is 380 g/mol. The third kappa shape index (κ3) is 4.53. The van der Waals surface area contributed by atoms with E-state index in [0.717, 1.165) is 10.6 Å². The lowest BCUT2D eigenvalue weighted by Gasteiger charge is -2.11. The summed E-state index contributed by atoms with van der Waals surface area (Å²) in [6, 6.07) is 7.55. The number of nitrogens with zero attached hydrogens (tertiary/aromatic N) is 4. The first-order chi connectivity index (χ1) is 13.1. The topological polar surface area (TPSA) is 67.7 Å². The Kier molecular flexibility index (Phi) is 6.20. The molecule has 1 saturated heterocycles. The van der Waals surface area contributed by atoms with Crippen LogP contribution >= 0.6 is 23.1 Å². The lowest BCUT2D eigenvalue weighted by atomic mass is 10.2. The maximum absolute atomic E-state index is 12.8. The lowest BCUT2D eigenvalue weighted by Crippen LogP contribution is -2.29. The Morgan fingerprint density at radius 3 is 2.78 bits per heavy atom. The molecule has 0 spiro atoms. The summed E-state index contributed by atoms with van der Waals surface area (Å²) in [5.74, 6) is 0.567. The molecule has 2 aromatic rings. The van der Waals surface area contributed by atoms with Crippen molar-refractivity contribution in [2.24, 2.45) is 4.99 Å². The monoisotopic (exact) mass is 398 g/mol. The molecule has 0 N–H and O–H groups in total. The number of benzene rings is 1. The van der Waals surface area contributed by atoms with Crippen LogP contribution in [0.5, 0.6) is 5.75 Å². The molecule has 0 atom stereocenters. The highest BCUT2D eigenvalue weighted by Gasteiger charge is 2.33. The molecular formula is C19H18N4O2S2. The average molecular weight is 399 g/mol. The first-order valence-electron chi connectivity index (χ1n) is 8.16. The second-order valence-corrected chi connectivity index (χ2v) is 7.62. The summed E-state index contributed by atoms with van der Waals surface area (Å²) < 4.78 is 5.67. The summed E-state index contributed by atoms with van der Waals surface area (Å²) >= 11 is 2.68. The zero-order valence-electron chi connectivity index (χ0n) is 14.8. The van der Waals surface area contributed by atoms with Crippen LogP contribution in [0.2, 0.25) is 0 Å². The Bertz CT molecular complexity index is 933. The van der Waals surface area contributed by atoms with Crippen molar-refractivity contribution < 1.29 is 9.53 Å². The van der Waals surface area contributed by atoms with E-state index in [1.165, 1.54) is 23.1 Å². The second kappa shape index (κ2) is 8.79. The number of aryl methyl sites for hydroxylation is 1. The van der Waals surface area contributed by atoms with E-state index in [4.69, 9.17) is 4.74 Å². The predicted octanol–water partition coefficient (Wildman–Crippen LogP) is 4.20. The quantitative estimate of drug-likeness (QED) is 0.516. The molecule has 1 aromatic heterocycles. The normalized spacial score (nSPS) is 16.9. The predicted molar refractivity (Wildman–Crippen MR) is 111 cm³/mol. The van der Waals surface area contributed by atoms with Crippen LogP contribution in [0.1, 0.15) is 10.6 Å². The van der Waals surface area contributed by atoms with E-state index in [0.29, 0.717) is 34.1 Å². The van der Waals surface area contributed by atoms with Crippen molar-refractivity contribution in [3.8, 4) is 5.75 Å². The van der Waals surface area contributed by atoms with Crippen LogP contribution in [0.25, 0.3) is 6.08 Å². The minimum Gasteiger partial charge on any atom is -0.489 e. The van der Waals surface area contributed by atoms with Gasteiger partial charge < -0.3 is 4.74 Å². The van der Waals surface area contributed by atoms with Gasteiger partial charge in [0.05, 0.1) is 4.91 Å². The van der Waals surface area contributed by atoms with Gasteiger partial charge in [-0.15, -0.1) is 16.8 Å². The highest BCUT2D eigenvalue weighted by molar-refractivity contribution is 8.18. The van der Waals surface area contributed by atoms with Gasteiger partial charge in [-0.3, -0.25) is 9.69 Å². The minimum atomic E-state index is -0.126. The number of aliphatic imine (C=N–C) groups is 1. The fourth-order valence-electron chi connectivity index (χ4n) is 2.32. The number of amidine groups is 1. The molecule has 8 heteroatoms. The maximum atomic E-state index is 12.8. The molecule has 1 amide bonds. The van der Waals surface area contributed by atoms with Crippen molar-refractivity contribution in [2.75, 3.05) is 13.2 Å². The molecule has 0 saturated carbocycles. The van der Waals surface area contributed by atoms with Crippen LogP contribution in [-0.2, 0) is 4.79 Å². The molecule has 1 fully saturated rings. The summed E-state index contributed by atoms with van der Waals surface area (Å²) in [6.07, 6.45) is 5.17. The number of ether oxygens (including phenoxy) is 1. The van der Waals surface area contributed by atoms with Gasteiger partial charge in [0.1, 0.15) is 17.4 Å². The lowest BCUT2D eigenvalue weighted by molar-refractivity contribution is -0.121. The van der Waals surface area contributed by atoms with Gasteiger partial charge >= 0.3 is 0 Å². The molecule has 2 heterocycles. The number of para-hydroxylation sites is 1. The summed E-state index contributed by atoms with van der Waals surface area (Å²) in [4.78, 5) is 19.5. The Morgan fingerprint density at radius 2 is 2.07 bits per heavy atom. The van der Waals surface area contributed by atoms with Crippen molar-refractivity contribution in [3.05, 3.63) is 65.1 Å². The molecule has 1 aliphatic heterocycles. The minimum absolute atomic E-state index is 0.126. The summed E-state index contributed by atoms with van der Waals surface area (Å²) in [5.41, 5.74) is 0.821. The van der Waals surface area contributed by atoms with Gasteiger partial charge in [-0.1, -0.05) is 48.3 Å². The van der Waals surface area contributed by atoms with Crippen LogP contribution in [0.15, 0.2) is 59.5 Å². The molecule has 6 nitrogen and oxygen atoms in total. The smallest absolute Gasteiger partial charge is 0.267 e. The molecule has 138 valence electrons. The number of hydrogen-bond acceptors (Lipinski definition) is 7. The van der Waals surface area contributed by atoms with E-state index >= 15 is 0 Å². The first kappa shape index (κ1) is 19.1. The maximum Gasteiger partial charge on any atom is 0.267 e. The molecule has 0 unspecified atom stereocenters. The summed E-state index contributed by atoms with van der Waals surface area (Å²) in [6.45, 7) is 10.0. The summed E-state index contributed by atoms with van der Waals surface area (Å²) in [7, 11) is 0. The van der Waals surface area contributed by atoms with E-state index in [1.807, 2.05) is 37.3 Å². The molecule has 27 heavy (non-hydrogen) atoms. The molecule has 1 aliphatic rings. The van der Waals surface area contributed by atoms with Crippen molar-refractivity contribution in [2.45, 2.75) is 6.92 Å². The number of rotatable bonds is 7. The standard InChI is InChI=1S/C19H18N4O2S2/c1-4-10-23-17(24)16(27-19(23)20-18-22-21-13(3)26-18)12-14-8-6-7-9-15(14)25-11-5-2/h4-9,12H,1-2,10-11H2,3H3/b16-12-,20-19+. The van der Waals surface area contributed by atoms with Crippen molar-refractivity contribution in [1.82, 2.24) is 15.1 Å². The zero-order chi connectivity index (χ0) is 19.2. The SMILES string of the molecule is C=CCOc1ccccc1/C=C1\S/C(=N/c2nnc(C)s2)N(CC=C)C1=O. The van der Waals surface area contributed by atoms with Crippen molar-refractivity contribution in [1.29, 1.82) is 0 Å². The van der Waals surface area contributed by atoms with Gasteiger partial charge in [-0.2, -0.15) is 4.99 Å². The van der Waals surface area contributed by atoms with E-state index in [2.05, 4.69) is 28.3 Å². The molecule has 1 aromatic carbocycles. The zero-order valence-corrected chi connectivity index (χ0v) is 16.4. The number of carbonyl (C=O) groups is 1. The number of thioether (sulfide) groups is 1. The van der Waals surface area contributed by atoms with Crippen LogP contribution in [0.4, 0.5) is 5.13 Å². The van der Waals surface area contributed by atoms with E-state index in [-0.39, 0.29) is 5.91 Å². The third-order valence-corrected chi connectivity index (χ3v) is 5.21. The third-order valence-electron chi connectivity index (χ3n) is 3.47. The molecule has 0 radical (unpaired) electrons.